The van der Waals surface area contributed by atoms with E-state index in [0.717, 1.165) is 33.1 Å². The Balaban J connectivity index is 1.76. The summed E-state index contributed by atoms with van der Waals surface area (Å²) in [6.45, 7) is 5.99. The number of hydrogen-bond donors (Lipinski definition) is 1. The Morgan fingerprint density at radius 2 is 2.04 bits per heavy atom. The van der Waals surface area contributed by atoms with Gasteiger partial charge in [0, 0.05) is 35.9 Å². The van der Waals surface area contributed by atoms with Crippen molar-refractivity contribution in [2.45, 2.75) is 26.1 Å². The summed E-state index contributed by atoms with van der Waals surface area (Å²) in [4.78, 5) is 23.5. The summed E-state index contributed by atoms with van der Waals surface area (Å²) in [5, 5.41) is 9.24. The highest BCUT2D eigenvalue weighted by atomic mass is 32.2. The molecule has 0 saturated carbocycles. The van der Waals surface area contributed by atoms with Crippen molar-refractivity contribution in [3.8, 4) is 11.1 Å². The molecule has 0 spiro atoms. The maximum atomic E-state index is 11.8. The number of aromatic nitrogens is 1. The predicted molar refractivity (Wildman–Crippen MR) is 111 cm³/mol. The predicted octanol–water partition coefficient (Wildman–Crippen LogP) is 3.95. The molecule has 0 aliphatic carbocycles. The van der Waals surface area contributed by atoms with Crippen LogP contribution < -0.4 is 0 Å². The minimum absolute atomic E-state index is 0.0343. The van der Waals surface area contributed by atoms with E-state index in [1.165, 1.54) is 11.8 Å². The molecule has 1 aliphatic heterocycles. The normalized spacial score (nSPS) is 17.2. The lowest BCUT2D eigenvalue weighted by molar-refractivity contribution is -0.113. The van der Waals surface area contributed by atoms with Crippen LogP contribution in [-0.2, 0) is 4.79 Å². The van der Waals surface area contributed by atoms with Crippen LogP contribution in [0, 0.1) is 6.92 Å². The lowest BCUT2D eigenvalue weighted by atomic mass is 10.0. The molecule has 0 radical (unpaired) electrons. The number of ketones is 1. The van der Waals surface area contributed by atoms with Gasteiger partial charge in [0.15, 0.2) is 5.78 Å². The number of aliphatic hydroxyl groups excluding tert-OH is 1. The first-order chi connectivity index (χ1) is 13.0. The highest BCUT2D eigenvalue weighted by Crippen LogP contribution is 2.37. The molecule has 1 unspecified atom stereocenters. The quantitative estimate of drug-likeness (QED) is 0.768. The Bertz CT molecular complexity index is 891. The van der Waals surface area contributed by atoms with Gasteiger partial charge >= 0.3 is 0 Å². The van der Waals surface area contributed by atoms with Crippen molar-refractivity contribution in [1.82, 2.24) is 9.88 Å². The molecule has 0 amide bonds. The molecule has 1 atom stereocenters. The number of aliphatic imine (C=N–C) groups is 1. The van der Waals surface area contributed by atoms with E-state index < -0.39 is 0 Å². The second-order valence-corrected chi connectivity index (χ2v) is 7.48. The van der Waals surface area contributed by atoms with Gasteiger partial charge in [-0.15, -0.1) is 0 Å². The Labute approximate surface area is 163 Å². The van der Waals surface area contributed by atoms with Crippen molar-refractivity contribution >= 4 is 29.4 Å². The number of carbonyl (C=O) groups is 1. The lowest BCUT2D eigenvalue weighted by Gasteiger charge is -2.23. The molecule has 5 nitrogen and oxygen atoms in total. The van der Waals surface area contributed by atoms with Gasteiger partial charge < -0.3 is 10.0 Å². The molecule has 0 saturated heterocycles. The van der Waals surface area contributed by atoms with Crippen LogP contribution in [0.2, 0.25) is 0 Å². The number of allylic oxidation sites excluding steroid dienone is 2. The average molecular weight is 382 g/mol. The van der Waals surface area contributed by atoms with Crippen LogP contribution in [0.25, 0.3) is 11.1 Å². The highest BCUT2D eigenvalue weighted by Gasteiger charge is 2.30. The third-order valence-electron chi connectivity index (χ3n) is 4.50. The van der Waals surface area contributed by atoms with Crippen LogP contribution in [0.3, 0.4) is 0 Å². The Hall–Kier alpha value is -2.44. The Morgan fingerprint density at radius 3 is 2.67 bits per heavy atom. The van der Waals surface area contributed by atoms with Gasteiger partial charge in [0.2, 0.25) is 0 Å². The van der Waals surface area contributed by atoms with Gasteiger partial charge in [-0.2, -0.15) is 0 Å². The number of aryl methyl sites for hydroxylation is 1. The fraction of sp³-hybridized carbons (Fsp3) is 0.286. The Morgan fingerprint density at radius 1 is 1.30 bits per heavy atom. The van der Waals surface area contributed by atoms with Gasteiger partial charge in [0.1, 0.15) is 5.37 Å². The standard InChI is InChI=1S/C21H23N3O2S/c1-14-19(5-4-10-22-14)17-6-8-18(9-7-17)23-13-20-24(11-12-25)15(2)21(27-20)16(3)26/h4-10,13,20,25H,11-12H2,1-3H3. The summed E-state index contributed by atoms with van der Waals surface area (Å²) < 4.78 is 0. The fourth-order valence-corrected chi connectivity index (χ4v) is 4.32. The fourth-order valence-electron chi connectivity index (χ4n) is 3.11. The molecule has 1 aromatic carbocycles. The van der Waals surface area contributed by atoms with Gasteiger partial charge in [0.05, 0.1) is 17.2 Å². The maximum Gasteiger partial charge on any atom is 0.167 e. The number of nitrogens with zero attached hydrogens (tertiary/aromatic N) is 3. The van der Waals surface area contributed by atoms with E-state index in [1.807, 2.05) is 55.3 Å². The summed E-state index contributed by atoms with van der Waals surface area (Å²) in [5.74, 6) is 0.0486. The highest BCUT2D eigenvalue weighted by molar-refractivity contribution is 8.05. The number of rotatable bonds is 6. The van der Waals surface area contributed by atoms with E-state index in [0.29, 0.717) is 6.54 Å². The minimum Gasteiger partial charge on any atom is -0.395 e. The monoisotopic (exact) mass is 381 g/mol. The van der Waals surface area contributed by atoms with E-state index in [1.54, 1.807) is 13.1 Å². The number of carbonyl (C=O) groups excluding carboxylic acids is 1. The molecular weight excluding hydrogens is 358 g/mol. The minimum atomic E-state index is -0.0868. The van der Waals surface area contributed by atoms with Crippen LogP contribution in [0.5, 0.6) is 0 Å². The number of hydrogen-bond acceptors (Lipinski definition) is 6. The Kier molecular flexibility index (Phi) is 6.08. The van der Waals surface area contributed by atoms with Gasteiger partial charge in [0.25, 0.3) is 0 Å². The molecule has 1 aliphatic rings. The second-order valence-electron chi connectivity index (χ2n) is 6.36. The summed E-state index contributed by atoms with van der Waals surface area (Å²) >= 11 is 1.48. The lowest BCUT2D eigenvalue weighted by Crippen LogP contribution is -2.31. The summed E-state index contributed by atoms with van der Waals surface area (Å²) in [6.07, 6.45) is 3.63. The molecular formula is C21H23N3O2S. The van der Waals surface area contributed by atoms with E-state index in [9.17, 15) is 9.90 Å². The number of pyridine rings is 1. The number of thioether (sulfide) groups is 1. The van der Waals surface area contributed by atoms with Crippen molar-refractivity contribution in [3.05, 3.63) is 58.9 Å². The van der Waals surface area contributed by atoms with Crippen LogP contribution in [0.15, 0.2) is 58.2 Å². The molecule has 6 heteroatoms. The van der Waals surface area contributed by atoms with Gasteiger partial charge in [-0.05, 0) is 44.5 Å². The van der Waals surface area contributed by atoms with Gasteiger partial charge in [-0.3, -0.25) is 14.8 Å². The van der Waals surface area contributed by atoms with Crippen LogP contribution in [0.1, 0.15) is 19.5 Å². The number of aliphatic hydroxyl groups is 1. The van der Waals surface area contributed by atoms with Crippen LogP contribution in [-0.4, -0.2) is 45.5 Å². The maximum absolute atomic E-state index is 11.8. The first kappa shape index (κ1) is 19.3. The average Bonchev–Trinajstić information content (AvgIpc) is 2.98. The summed E-state index contributed by atoms with van der Waals surface area (Å²) in [7, 11) is 0. The van der Waals surface area contributed by atoms with Crippen molar-refractivity contribution in [2.75, 3.05) is 13.2 Å². The summed E-state index contributed by atoms with van der Waals surface area (Å²) in [5.41, 5.74) is 4.96. The number of benzene rings is 1. The van der Waals surface area contributed by atoms with E-state index >= 15 is 0 Å². The molecule has 1 aromatic heterocycles. The van der Waals surface area contributed by atoms with Crippen molar-refractivity contribution in [3.63, 3.8) is 0 Å². The van der Waals surface area contributed by atoms with Gasteiger partial charge in [-0.25, -0.2) is 0 Å². The number of β-amino-alcohol motifs (C(OH)–C–C–N with tert-alkyl or cyclic N) is 1. The molecule has 27 heavy (non-hydrogen) atoms. The van der Waals surface area contributed by atoms with Crippen molar-refractivity contribution in [2.24, 2.45) is 4.99 Å². The zero-order chi connectivity index (χ0) is 19.4. The third kappa shape index (κ3) is 4.28. The molecule has 140 valence electrons. The van der Waals surface area contributed by atoms with Crippen molar-refractivity contribution in [1.29, 1.82) is 0 Å². The van der Waals surface area contributed by atoms with Crippen LogP contribution >= 0.6 is 11.8 Å². The molecule has 0 fully saturated rings. The van der Waals surface area contributed by atoms with Crippen molar-refractivity contribution < 1.29 is 9.90 Å². The molecule has 0 bridgehead atoms. The van der Waals surface area contributed by atoms with E-state index in [2.05, 4.69) is 16.0 Å². The van der Waals surface area contributed by atoms with Gasteiger partial charge in [-0.1, -0.05) is 30.0 Å². The largest absolute Gasteiger partial charge is 0.395 e. The zero-order valence-corrected chi connectivity index (χ0v) is 16.5. The zero-order valence-electron chi connectivity index (χ0n) is 15.7. The first-order valence-corrected chi connectivity index (χ1v) is 9.71. The molecule has 3 rings (SSSR count). The molecule has 2 aromatic rings. The second kappa shape index (κ2) is 8.50. The summed E-state index contributed by atoms with van der Waals surface area (Å²) in [6, 6.07) is 12.0. The smallest absolute Gasteiger partial charge is 0.167 e. The number of Topliss-reactive ketones (excluding diaryl/α,β-unsaturated/α-hetero) is 1. The first-order valence-electron chi connectivity index (χ1n) is 8.83. The molecule has 1 N–H and O–H groups in total. The van der Waals surface area contributed by atoms with E-state index in [-0.39, 0.29) is 17.8 Å². The molecule has 2 heterocycles. The van der Waals surface area contributed by atoms with E-state index in [4.69, 9.17) is 0 Å². The topological polar surface area (TPSA) is 65.8 Å². The third-order valence-corrected chi connectivity index (χ3v) is 5.94. The van der Waals surface area contributed by atoms with Crippen LogP contribution in [0.4, 0.5) is 5.69 Å². The SMILES string of the molecule is CC(=O)C1=C(C)N(CCO)C(C=Nc2ccc(-c3cccnc3C)cc2)S1.